The summed E-state index contributed by atoms with van der Waals surface area (Å²) in [6, 6.07) is 26.2. The van der Waals surface area contributed by atoms with Gasteiger partial charge in [0, 0.05) is 62.3 Å². The first-order chi connectivity index (χ1) is 29.4. The van der Waals surface area contributed by atoms with Crippen molar-refractivity contribution >= 4 is 34.8 Å². The van der Waals surface area contributed by atoms with E-state index in [0.717, 1.165) is 38.7 Å². The van der Waals surface area contributed by atoms with Crippen molar-refractivity contribution in [3.63, 3.8) is 0 Å². The standard InChI is InChI=1S/C46H49N9O6/c1-28-22-34(56)23-29(2)36(28)26-38(49-42(57)37(51-46(59)60)13-9-20-55-21-19-48-45(55)47)43(58)50-39(25-33-27-54(3)40-14-8-7-12-35(33)40)44-52-41(53-61-44)24-30-15-17-32(18-16-30)31-10-5-4-6-11-31/h4-8,10-12,14-19,21-23,27,37-39,51,56H,9,13,20,24-26H2,1-3H3,(H2,47,48)(H,49,57)(H,50,58)(H,59,60)/t37?,38?,39-/m0/s1. The predicted molar refractivity (Wildman–Crippen MR) is 231 cm³/mol. The van der Waals surface area contributed by atoms with E-state index in [-0.39, 0.29) is 30.9 Å². The smallest absolute Gasteiger partial charge is 0.405 e. The number of carboxylic acid groups (broad SMARTS) is 1. The second kappa shape index (κ2) is 18.7. The third kappa shape index (κ3) is 10.2. The number of nitrogens with zero attached hydrogens (tertiary/aromatic N) is 5. The number of aromatic hydroxyl groups is 1. The second-order valence-corrected chi connectivity index (χ2v) is 15.3. The van der Waals surface area contributed by atoms with Crippen LogP contribution in [0.2, 0.25) is 0 Å². The predicted octanol–water partition coefficient (Wildman–Crippen LogP) is 6.16. The number of nitrogens with one attached hydrogen (secondary N) is 3. The summed E-state index contributed by atoms with van der Waals surface area (Å²) in [5.74, 6) is -0.250. The van der Waals surface area contributed by atoms with Gasteiger partial charge in [0.2, 0.25) is 17.7 Å². The SMILES string of the molecule is Cc1cc(O)cc(C)c1CC(NC(=O)C(CCCn1ccnc1N)NC(=O)O)C(=O)N[C@@H](Cc1cn(C)c2ccccc12)c1nc(Cc2ccc(-c3ccccc3)cc2)no1. The molecule has 15 nitrogen and oxygen atoms in total. The Labute approximate surface area is 352 Å². The zero-order chi connectivity index (χ0) is 43.0. The van der Waals surface area contributed by atoms with Gasteiger partial charge < -0.3 is 45.6 Å². The number of anilines is 1. The number of para-hydroxylation sites is 1. The molecule has 7 N–H and O–H groups in total. The molecular weight excluding hydrogens is 775 g/mol. The van der Waals surface area contributed by atoms with Crippen molar-refractivity contribution in [2.75, 3.05) is 5.73 Å². The van der Waals surface area contributed by atoms with Crippen molar-refractivity contribution in [1.82, 2.24) is 40.2 Å². The van der Waals surface area contributed by atoms with E-state index in [0.29, 0.717) is 42.3 Å². The van der Waals surface area contributed by atoms with Crippen LogP contribution in [0.1, 0.15) is 58.4 Å². The van der Waals surface area contributed by atoms with E-state index in [9.17, 15) is 24.6 Å². The number of hydrogen-bond donors (Lipinski definition) is 6. The number of phenols is 1. The number of nitrogen functional groups attached to an aromatic ring is 1. The lowest BCUT2D eigenvalue weighted by molar-refractivity contribution is -0.130. The van der Waals surface area contributed by atoms with E-state index in [1.54, 1.807) is 29.1 Å². The lowest BCUT2D eigenvalue weighted by atomic mass is 9.95. The molecule has 3 aromatic heterocycles. The highest BCUT2D eigenvalue weighted by Gasteiger charge is 2.31. The zero-order valence-electron chi connectivity index (χ0n) is 34.2. The highest BCUT2D eigenvalue weighted by molar-refractivity contribution is 5.91. The number of aromatic nitrogens is 5. The molecule has 0 spiro atoms. The first-order valence-corrected chi connectivity index (χ1v) is 20.1. The van der Waals surface area contributed by atoms with Crippen molar-refractivity contribution < 1.29 is 29.1 Å². The number of imidazole rings is 1. The molecule has 2 unspecified atom stereocenters. The summed E-state index contributed by atoms with van der Waals surface area (Å²) in [7, 11) is 1.95. The molecule has 0 aliphatic carbocycles. The van der Waals surface area contributed by atoms with Gasteiger partial charge in [0.15, 0.2) is 11.8 Å². The number of carbonyl (C=O) groups excluding carboxylic acids is 2. The van der Waals surface area contributed by atoms with Crippen molar-refractivity contribution in [2.45, 2.75) is 70.6 Å². The number of carbonyl (C=O) groups is 3. The Kier molecular flexibility index (Phi) is 12.8. The van der Waals surface area contributed by atoms with Gasteiger partial charge in [-0.2, -0.15) is 4.98 Å². The summed E-state index contributed by atoms with van der Waals surface area (Å²) in [5, 5.41) is 33.6. The molecule has 61 heavy (non-hydrogen) atoms. The Hall–Kier alpha value is -7.42. The lowest BCUT2D eigenvalue weighted by Crippen LogP contribution is -2.55. The quantitative estimate of drug-likeness (QED) is 0.0615. The van der Waals surface area contributed by atoms with Crippen molar-refractivity contribution in [2.24, 2.45) is 7.05 Å². The number of fused-ring (bicyclic) bond motifs is 1. The summed E-state index contributed by atoms with van der Waals surface area (Å²) in [6.45, 7) is 4.02. The molecule has 0 bridgehead atoms. The molecule has 0 radical (unpaired) electrons. The Balaban J connectivity index is 1.17. The normalized spacial score (nSPS) is 12.8. The monoisotopic (exact) mass is 823 g/mol. The van der Waals surface area contributed by atoms with Crippen molar-refractivity contribution in [3.05, 3.63) is 149 Å². The summed E-state index contributed by atoms with van der Waals surface area (Å²) >= 11 is 0. The lowest BCUT2D eigenvalue weighted by Gasteiger charge is -2.25. The first-order valence-electron chi connectivity index (χ1n) is 20.1. The molecule has 3 atom stereocenters. The zero-order valence-corrected chi connectivity index (χ0v) is 34.2. The third-order valence-electron chi connectivity index (χ3n) is 10.9. The third-order valence-corrected chi connectivity index (χ3v) is 10.9. The topological polar surface area (TPSA) is 215 Å². The van der Waals surface area contributed by atoms with Gasteiger partial charge in [0.25, 0.3) is 0 Å². The average Bonchev–Trinajstić information content (AvgIpc) is 3.97. The average molecular weight is 824 g/mol. The Morgan fingerprint density at radius 2 is 1.54 bits per heavy atom. The van der Waals surface area contributed by atoms with E-state index in [1.165, 1.54) is 0 Å². The van der Waals surface area contributed by atoms with Crippen LogP contribution in [0.5, 0.6) is 5.75 Å². The fourth-order valence-electron chi connectivity index (χ4n) is 7.78. The molecular formula is C46H49N9O6. The largest absolute Gasteiger partial charge is 0.508 e. The van der Waals surface area contributed by atoms with E-state index >= 15 is 0 Å². The van der Waals surface area contributed by atoms with Crippen molar-refractivity contribution in [1.29, 1.82) is 0 Å². The molecule has 4 aromatic carbocycles. The van der Waals surface area contributed by atoms with Crippen molar-refractivity contribution in [3.8, 4) is 16.9 Å². The van der Waals surface area contributed by atoms with E-state index in [2.05, 4.69) is 38.2 Å². The highest BCUT2D eigenvalue weighted by atomic mass is 16.5. The van der Waals surface area contributed by atoms with Gasteiger partial charge in [-0.15, -0.1) is 0 Å². The van der Waals surface area contributed by atoms with Crippen LogP contribution < -0.4 is 21.7 Å². The van der Waals surface area contributed by atoms with Gasteiger partial charge in [0.05, 0.1) is 0 Å². The minimum atomic E-state index is -1.39. The summed E-state index contributed by atoms with van der Waals surface area (Å²) in [4.78, 5) is 49.4. The molecule has 0 saturated carbocycles. The number of aryl methyl sites for hydroxylation is 4. The summed E-state index contributed by atoms with van der Waals surface area (Å²) < 4.78 is 9.60. The maximum atomic E-state index is 14.7. The Morgan fingerprint density at radius 1 is 0.852 bits per heavy atom. The molecule has 0 aliphatic rings. The maximum Gasteiger partial charge on any atom is 0.405 e. The molecule has 15 heteroatoms. The van der Waals surface area contributed by atoms with Crippen LogP contribution in [0.4, 0.5) is 10.7 Å². The number of rotatable bonds is 17. The van der Waals surface area contributed by atoms with Crippen LogP contribution in [-0.4, -0.2) is 64.5 Å². The molecule has 7 aromatic rings. The summed E-state index contributed by atoms with van der Waals surface area (Å²) in [5.41, 5.74) is 13.2. The second-order valence-electron chi connectivity index (χ2n) is 15.3. The number of hydrogen-bond acceptors (Lipinski definition) is 9. The number of nitrogens with two attached hydrogens (primary N) is 1. The van der Waals surface area contributed by atoms with Gasteiger partial charge in [-0.25, -0.2) is 9.78 Å². The number of benzene rings is 4. The Bertz CT molecular complexity index is 2610. The molecule has 0 saturated heterocycles. The first kappa shape index (κ1) is 41.7. The van der Waals surface area contributed by atoms with Gasteiger partial charge in [0.1, 0.15) is 23.9 Å². The van der Waals surface area contributed by atoms with Gasteiger partial charge in [-0.1, -0.05) is 78.0 Å². The fourth-order valence-corrected chi connectivity index (χ4v) is 7.78. The molecule has 3 amide bonds. The van der Waals surface area contributed by atoms with Crippen LogP contribution in [0.3, 0.4) is 0 Å². The van der Waals surface area contributed by atoms with Crippen LogP contribution in [0, 0.1) is 13.8 Å². The minimum Gasteiger partial charge on any atom is -0.508 e. The molecule has 3 heterocycles. The van der Waals surface area contributed by atoms with Crippen LogP contribution in [-0.2, 0) is 42.4 Å². The van der Waals surface area contributed by atoms with E-state index in [4.69, 9.17) is 15.2 Å². The van der Waals surface area contributed by atoms with Crippen LogP contribution >= 0.6 is 0 Å². The van der Waals surface area contributed by atoms with Gasteiger partial charge in [-0.3, -0.25) is 9.59 Å². The maximum absolute atomic E-state index is 14.7. The Morgan fingerprint density at radius 3 is 2.25 bits per heavy atom. The molecule has 314 valence electrons. The van der Waals surface area contributed by atoms with Gasteiger partial charge >= 0.3 is 6.09 Å². The fraction of sp³-hybridized carbons (Fsp3) is 0.261. The van der Waals surface area contributed by atoms with Crippen LogP contribution in [0.25, 0.3) is 22.0 Å². The summed E-state index contributed by atoms with van der Waals surface area (Å²) in [6.07, 6.45) is 5.06. The van der Waals surface area contributed by atoms with Gasteiger partial charge in [-0.05, 0) is 83.8 Å². The molecule has 7 rings (SSSR count). The number of amides is 3. The number of phenolic OH excluding ortho intramolecular Hbond substituents is 1. The van der Waals surface area contributed by atoms with Crippen LogP contribution in [0.15, 0.2) is 114 Å². The van der Waals surface area contributed by atoms with E-state index < -0.39 is 36.0 Å². The highest BCUT2D eigenvalue weighted by Crippen LogP contribution is 2.28. The molecule has 0 aliphatic heterocycles. The molecule has 0 fully saturated rings. The minimum absolute atomic E-state index is 0.0376. The van der Waals surface area contributed by atoms with E-state index in [1.807, 2.05) is 98.4 Å².